The third kappa shape index (κ3) is 4.36. The van der Waals surface area contributed by atoms with Crippen LogP contribution in [-0.4, -0.2) is 27.9 Å². The summed E-state index contributed by atoms with van der Waals surface area (Å²) in [5.41, 5.74) is 0.403. The van der Waals surface area contributed by atoms with E-state index in [9.17, 15) is 8.42 Å². The van der Waals surface area contributed by atoms with Gasteiger partial charge in [-0.05, 0) is 43.3 Å². The maximum Gasteiger partial charge on any atom is 0.263 e. The van der Waals surface area contributed by atoms with Gasteiger partial charge in [0.25, 0.3) is 10.0 Å². The summed E-state index contributed by atoms with van der Waals surface area (Å²) in [5, 5.41) is 9.15. The molecule has 10 heteroatoms. The van der Waals surface area contributed by atoms with Gasteiger partial charge in [-0.2, -0.15) is 5.26 Å². The number of nitriles is 1. The van der Waals surface area contributed by atoms with E-state index in [-0.39, 0.29) is 10.5 Å². The first-order valence-corrected chi connectivity index (χ1v) is 10.6. The zero-order valence-corrected chi connectivity index (χ0v) is 17.1. The number of anilines is 1. The molecule has 0 unspecified atom stereocenters. The van der Waals surface area contributed by atoms with Gasteiger partial charge in [0.2, 0.25) is 5.88 Å². The monoisotopic (exact) mass is 432 g/mol. The SMILES string of the molecule is Cc1nccn1-c1cc(Oc2ccc(NS(=O)(=O)c3ccccc3C#N)cc2)ncn1. The molecule has 4 aromatic rings. The number of ether oxygens (including phenoxy) is 1. The summed E-state index contributed by atoms with van der Waals surface area (Å²) >= 11 is 0. The van der Waals surface area contributed by atoms with Crippen molar-refractivity contribution in [1.82, 2.24) is 19.5 Å². The molecule has 31 heavy (non-hydrogen) atoms. The van der Waals surface area contributed by atoms with Gasteiger partial charge >= 0.3 is 0 Å². The van der Waals surface area contributed by atoms with E-state index in [0.717, 1.165) is 5.82 Å². The van der Waals surface area contributed by atoms with Crippen LogP contribution < -0.4 is 9.46 Å². The predicted molar refractivity (Wildman–Crippen MR) is 112 cm³/mol. The van der Waals surface area contributed by atoms with Crippen LogP contribution in [0.15, 0.2) is 78.2 Å². The van der Waals surface area contributed by atoms with E-state index < -0.39 is 10.0 Å². The molecule has 2 aromatic heterocycles. The van der Waals surface area contributed by atoms with E-state index in [0.29, 0.717) is 23.1 Å². The molecule has 0 atom stereocenters. The fourth-order valence-corrected chi connectivity index (χ4v) is 4.07. The van der Waals surface area contributed by atoms with Gasteiger partial charge in [-0.25, -0.2) is 23.4 Å². The van der Waals surface area contributed by atoms with Gasteiger partial charge in [0, 0.05) is 24.1 Å². The number of hydrogen-bond donors (Lipinski definition) is 1. The molecule has 2 aromatic carbocycles. The van der Waals surface area contributed by atoms with Crippen LogP contribution in [0, 0.1) is 18.3 Å². The minimum absolute atomic E-state index is 0.0719. The standard InChI is InChI=1S/C21H16N6O3S/c1-15-23-10-11-27(15)20-12-21(25-14-24-20)30-18-8-6-17(7-9-18)26-31(28,29)19-5-3-2-4-16(19)13-22/h2-12,14,26H,1H3. The maximum atomic E-state index is 12.6. The zero-order valence-electron chi connectivity index (χ0n) is 16.3. The van der Waals surface area contributed by atoms with Crippen LogP contribution >= 0.6 is 0 Å². The highest BCUT2D eigenvalue weighted by Gasteiger charge is 2.18. The average Bonchev–Trinajstić information content (AvgIpc) is 3.21. The number of imidazole rings is 1. The van der Waals surface area contributed by atoms with Crippen LogP contribution in [-0.2, 0) is 10.0 Å². The summed E-state index contributed by atoms with van der Waals surface area (Å²) in [6.45, 7) is 1.86. The Morgan fingerprint density at radius 1 is 1.06 bits per heavy atom. The summed E-state index contributed by atoms with van der Waals surface area (Å²) in [6.07, 6.45) is 4.85. The Labute approximate surface area is 178 Å². The molecule has 0 aliphatic carbocycles. The Kier molecular flexibility index (Phi) is 5.34. The molecule has 0 saturated heterocycles. The zero-order chi connectivity index (χ0) is 21.8. The van der Waals surface area contributed by atoms with Crippen molar-refractivity contribution in [3.63, 3.8) is 0 Å². The molecule has 0 aliphatic rings. The maximum absolute atomic E-state index is 12.6. The quantitative estimate of drug-likeness (QED) is 0.495. The van der Waals surface area contributed by atoms with Crippen molar-refractivity contribution in [2.45, 2.75) is 11.8 Å². The number of hydrogen-bond acceptors (Lipinski definition) is 7. The highest BCUT2D eigenvalue weighted by molar-refractivity contribution is 7.92. The van der Waals surface area contributed by atoms with Crippen molar-refractivity contribution >= 4 is 15.7 Å². The molecular weight excluding hydrogens is 416 g/mol. The molecular formula is C21H16N6O3S. The van der Waals surface area contributed by atoms with Crippen molar-refractivity contribution in [1.29, 1.82) is 5.26 Å². The third-order valence-electron chi connectivity index (χ3n) is 4.33. The Bertz CT molecular complexity index is 1370. The van der Waals surface area contributed by atoms with Crippen LogP contribution in [0.25, 0.3) is 5.82 Å². The number of nitrogens with zero attached hydrogens (tertiary/aromatic N) is 5. The summed E-state index contributed by atoms with van der Waals surface area (Å²) in [6, 6.07) is 15.9. The molecule has 0 fully saturated rings. The lowest BCUT2D eigenvalue weighted by molar-refractivity contribution is 0.461. The van der Waals surface area contributed by atoms with Crippen LogP contribution in [0.4, 0.5) is 5.69 Å². The van der Waals surface area contributed by atoms with E-state index in [1.165, 1.54) is 18.5 Å². The smallest absolute Gasteiger partial charge is 0.263 e. The number of benzene rings is 2. The van der Waals surface area contributed by atoms with Crippen LogP contribution in [0.1, 0.15) is 11.4 Å². The Hall–Kier alpha value is -4.23. The molecule has 154 valence electrons. The molecule has 0 aliphatic heterocycles. The fourth-order valence-electron chi connectivity index (χ4n) is 2.85. The highest BCUT2D eigenvalue weighted by atomic mass is 32.2. The topological polar surface area (TPSA) is 123 Å². The molecule has 0 amide bonds. The molecule has 0 bridgehead atoms. The van der Waals surface area contributed by atoms with Gasteiger partial charge in [-0.15, -0.1) is 0 Å². The molecule has 2 heterocycles. The second-order valence-corrected chi connectivity index (χ2v) is 8.05. The Balaban J connectivity index is 1.51. The van der Waals surface area contributed by atoms with Gasteiger partial charge in [-0.1, -0.05) is 12.1 Å². The van der Waals surface area contributed by atoms with Crippen LogP contribution in [0.2, 0.25) is 0 Å². The van der Waals surface area contributed by atoms with E-state index >= 15 is 0 Å². The molecule has 9 nitrogen and oxygen atoms in total. The van der Waals surface area contributed by atoms with Crippen molar-refractivity contribution in [2.24, 2.45) is 0 Å². The van der Waals surface area contributed by atoms with Crippen LogP contribution in [0.3, 0.4) is 0 Å². The van der Waals surface area contributed by atoms with Crippen molar-refractivity contribution in [2.75, 3.05) is 4.72 Å². The Morgan fingerprint density at radius 2 is 1.84 bits per heavy atom. The lowest BCUT2D eigenvalue weighted by Crippen LogP contribution is -2.14. The van der Waals surface area contributed by atoms with Gasteiger partial charge < -0.3 is 4.74 Å². The predicted octanol–water partition coefficient (Wildman–Crippen LogP) is 3.44. The molecule has 1 N–H and O–H groups in total. The molecule has 0 saturated carbocycles. The lowest BCUT2D eigenvalue weighted by Gasteiger charge is -2.11. The first kappa shape index (κ1) is 20.1. The third-order valence-corrected chi connectivity index (χ3v) is 5.77. The Morgan fingerprint density at radius 3 is 2.55 bits per heavy atom. The summed E-state index contributed by atoms with van der Waals surface area (Å²) in [5.74, 6) is 2.18. The number of aryl methyl sites for hydroxylation is 1. The van der Waals surface area contributed by atoms with E-state index in [2.05, 4.69) is 19.7 Å². The summed E-state index contributed by atoms with van der Waals surface area (Å²) in [7, 11) is -3.91. The van der Waals surface area contributed by atoms with Crippen molar-refractivity contribution in [3.05, 3.63) is 84.7 Å². The number of sulfonamides is 1. The molecule has 0 spiro atoms. The number of rotatable bonds is 6. The first-order valence-electron chi connectivity index (χ1n) is 9.08. The molecule has 0 radical (unpaired) electrons. The molecule has 4 rings (SSSR count). The minimum atomic E-state index is -3.91. The van der Waals surface area contributed by atoms with Gasteiger partial charge in [0.1, 0.15) is 34.7 Å². The fraction of sp³-hybridized carbons (Fsp3) is 0.0476. The van der Waals surface area contributed by atoms with Gasteiger partial charge in [0.05, 0.1) is 5.56 Å². The second kappa shape index (κ2) is 8.25. The van der Waals surface area contributed by atoms with Crippen molar-refractivity contribution in [3.8, 4) is 23.5 Å². The summed E-state index contributed by atoms with van der Waals surface area (Å²) < 4.78 is 35.3. The van der Waals surface area contributed by atoms with E-state index in [4.69, 9.17) is 10.00 Å². The average molecular weight is 432 g/mol. The largest absolute Gasteiger partial charge is 0.439 e. The van der Waals surface area contributed by atoms with Gasteiger partial charge in [-0.3, -0.25) is 9.29 Å². The minimum Gasteiger partial charge on any atom is -0.439 e. The highest BCUT2D eigenvalue weighted by Crippen LogP contribution is 2.24. The number of aromatic nitrogens is 4. The second-order valence-electron chi connectivity index (χ2n) is 6.40. The number of nitrogens with one attached hydrogen (secondary N) is 1. The van der Waals surface area contributed by atoms with Gasteiger partial charge in [0.15, 0.2) is 0 Å². The first-order chi connectivity index (χ1) is 15.0. The van der Waals surface area contributed by atoms with E-state index in [1.54, 1.807) is 59.4 Å². The van der Waals surface area contributed by atoms with Crippen LogP contribution in [0.5, 0.6) is 11.6 Å². The normalized spacial score (nSPS) is 11.0. The lowest BCUT2D eigenvalue weighted by atomic mass is 10.2. The summed E-state index contributed by atoms with van der Waals surface area (Å²) in [4.78, 5) is 12.4. The van der Waals surface area contributed by atoms with E-state index in [1.807, 2.05) is 13.0 Å². The van der Waals surface area contributed by atoms with Crippen molar-refractivity contribution < 1.29 is 13.2 Å².